The van der Waals surface area contributed by atoms with Gasteiger partial charge in [0.1, 0.15) is 6.54 Å². The van der Waals surface area contributed by atoms with Crippen molar-refractivity contribution in [3.8, 4) is 23.0 Å². The van der Waals surface area contributed by atoms with Gasteiger partial charge in [0.15, 0.2) is 29.6 Å². The predicted octanol–water partition coefficient (Wildman–Crippen LogP) is 5.50. The van der Waals surface area contributed by atoms with Gasteiger partial charge in [-0.1, -0.05) is 6.07 Å². The molecule has 0 radical (unpaired) electrons. The van der Waals surface area contributed by atoms with Crippen molar-refractivity contribution in [3.05, 3.63) is 74.6 Å². The highest BCUT2D eigenvalue weighted by Gasteiger charge is 2.36. The number of halogens is 1. The molecule has 0 spiro atoms. The van der Waals surface area contributed by atoms with Gasteiger partial charge in [-0.25, -0.2) is 0 Å². The van der Waals surface area contributed by atoms with E-state index in [0.717, 1.165) is 32.3 Å². The summed E-state index contributed by atoms with van der Waals surface area (Å²) < 4.78 is 22.4. The fraction of sp³-hybridized carbons (Fsp3) is 0.200. The number of amides is 4. The van der Waals surface area contributed by atoms with Gasteiger partial charge >= 0.3 is 0 Å². The van der Waals surface area contributed by atoms with Gasteiger partial charge in [-0.3, -0.25) is 24.1 Å². The van der Waals surface area contributed by atoms with Crippen LogP contribution in [0.15, 0.2) is 57.9 Å². The Kier molecular flexibility index (Phi) is 8.92. The van der Waals surface area contributed by atoms with Crippen LogP contribution in [0.2, 0.25) is 0 Å². The lowest BCUT2D eigenvalue weighted by molar-refractivity contribution is -0.127. The van der Waals surface area contributed by atoms with Crippen molar-refractivity contribution in [1.82, 2.24) is 4.90 Å². The lowest BCUT2D eigenvalue weighted by Gasteiger charge is -2.13. The van der Waals surface area contributed by atoms with E-state index in [9.17, 15) is 19.2 Å². The maximum absolute atomic E-state index is 13.0. The maximum Gasteiger partial charge on any atom is 0.294 e. The molecule has 43 heavy (non-hydrogen) atoms. The summed E-state index contributed by atoms with van der Waals surface area (Å²) in [5.41, 5.74) is 3.78. The minimum Gasteiger partial charge on any atom is -0.493 e. The number of benzene rings is 3. The molecule has 4 amide bonds. The second-order valence-corrected chi connectivity index (χ2v) is 11.4. The van der Waals surface area contributed by atoms with Gasteiger partial charge in [0, 0.05) is 16.2 Å². The molecular formula is C30H26BrN3O8S. The lowest BCUT2D eigenvalue weighted by Crippen LogP contribution is -2.36. The number of hydrogen-bond donors (Lipinski definition) is 2. The van der Waals surface area contributed by atoms with Crippen LogP contribution in [0.5, 0.6) is 23.0 Å². The summed E-state index contributed by atoms with van der Waals surface area (Å²) in [6, 6.07) is 13.6. The fourth-order valence-electron chi connectivity index (χ4n) is 4.21. The third-order valence-electron chi connectivity index (χ3n) is 6.53. The summed E-state index contributed by atoms with van der Waals surface area (Å²) in [4.78, 5) is 51.7. The summed E-state index contributed by atoms with van der Waals surface area (Å²) in [6.07, 6.45) is 1.52. The monoisotopic (exact) mass is 667 g/mol. The van der Waals surface area contributed by atoms with Crippen LogP contribution in [0.4, 0.5) is 16.2 Å². The number of carbonyl (C=O) groups is 4. The standard InChI is InChI=1S/C30H26BrN3O8S/c1-16-8-20(31)21(9-17(16)2)33-28(36)14-40-22-6-4-18(10-24(22)39-3)11-26-29(37)34(30(38)43-26)13-27(35)32-19-5-7-23-25(12-19)42-15-41-23/h4-12H,13-15H2,1-3H3,(H,32,35)(H,33,36)/b26-11+. The Morgan fingerprint density at radius 1 is 0.977 bits per heavy atom. The Morgan fingerprint density at radius 2 is 1.74 bits per heavy atom. The van der Waals surface area contributed by atoms with E-state index in [1.807, 2.05) is 26.0 Å². The fourth-order valence-corrected chi connectivity index (χ4v) is 5.60. The smallest absolute Gasteiger partial charge is 0.294 e. The molecule has 2 aliphatic heterocycles. The molecule has 13 heteroatoms. The van der Waals surface area contributed by atoms with E-state index in [4.69, 9.17) is 18.9 Å². The van der Waals surface area contributed by atoms with Crippen LogP contribution < -0.4 is 29.6 Å². The van der Waals surface area contributed by atoms with E-state index in [1.54, 1.807) is 36.4 Å². The third kappa shape index (κ3) is 6.95. The van der Waals surface area contributed by atoms with E-state index in [2.05, 4.69) is 26.6 Å². The first-order valence-electron chi connectivity index (χ1n) is 12.9. The molecule has 1 saturated heterocycles. The SMILES string of the molecule is COc1cc(/C=C2/SC(=O)N(CC(=O)Nc3ccc4c(c3)OCO4)C2=O)ccc1OCC(=O)Nc1cc(C)c(C)cc1Br. The molecule has 0 aromatic heterocycles. The molecule has 0 unspecified atom stereocenters. The summed E-state index contributed by atoms with van der Waals surface area (Å²) in [5, 5.41) is 4.91. The van der Waals surface area contributed by atoms with Crippen LogP contribution in [0, 0.1) is 13.8 Å². The zero-order chi connectivity index (χ0) is 30.7. The summed E-state index contributed by atoms with van der Waals surface area (Å²) in [7, 11) is 1.45. The molecule has 0 bridgehead atoms. The van der Waals surface area contributed by atoms with Gasteiger partial charge in [0.05, 0.1) is 17.7 Å². The number of anilines is 2. The average Bonchev–Trinajstić information content (AvgIpc) is 3.54. The number of aryl methyl sites for hydroxylation is 2. The van der Waals surface area contributed by atoms with Crippen molar-refractivity contribution in [3.63, 3.8) is 0 Å². The normalized spacial score (nSPS) is 14.7. The average molecular weight is 669 g/mol. The molecule has 222 valence electrons. The molecule has 5 rings (SSSR count). The second-order valence-electron chi connectivity index (χ2n) is 9.55. The Balaban J connectivity index is 1.20. The van der Waals surface area contributed by atoms with Crippen LogP contribution in [-0.4, -0.2) is 54.9 Å². The highest BCUT2D eigenvalue weighted by atomic mass is 79.9. The minimum atomic E-state index is -0.593. The largest absolute Gasteiger partial charge is 0.493 e. The number of imide groups is 1. The van der Waals surface area contributed by atoms with Crippen molar-refractivity contribution in [2.24, 2.45) is 0 Å². The molecule has 0 atom stereocenters. The summed E-state index contributed by atoms with van der Waals surface area (Å²) in [6.45, 7) is 3.33. The third-order valence-corrected chi connectivity index (χ3v) is 8.10. The van der Waals surface area contributed by atoms with Crippen molar-refractivity contribution in [1.29, 1.82) is 0 Å². The van der Waals surface area contributed by atoms with E-state index in [-0.39, 0.29) is 24.2 Å². The molecule has 11 nitrogen and oxygen atoms in total. The molecule has 2 heterocycles. The van der Waals surface area contributed by atoms with Crippen molar-refractivity contribution >= 4 is 68.1 Å². The van der Waals surface area contributed by atoms with Gasteiger partial charge in [0.25, 0.3) is 17.1 Å². The van der Waals surface area contributed by atoms with Crippen LogP contribution in [0.3, 0.4) is 0 Å². The maximum atomic E-state index is 13.0. The first kappa shape index (κ1) is 30.0. The number of methoxy groups -OCH3 is 1. The molecular weight excluding hydrogens is 642 g/mol. The van der Waals surface area contributed by atoms with E-state index in [0.29, 0.717) is 39.9 Å². The number of rotatable bonds is 9. The zero-order valence-corrected chi connectivity index (χ0v) is 25.7. The zero-order valence-electron chi connectivity index (χ0n) is 23.3. The second kappa shape index (κ2) is 12.8. The molecule has 2 N–H and O–H groups in total. The van der Waals surface area contributed by atoms with E-state index in [1.165, 1.54) is 13.2 Å². The van der Waals surface area contributed by atoms with Crippen molar-refractivity contribution < 1.29 is 38.1 Å². The number of nitrogens with one attached hydrogen (secondary N) is 2. The summed E-state index contributed by atoms with van der Waals surface area (Å²) >= 11 is 4.19. The quantitative estimate of drug-likeness (QED) is 0.284. The number of ether oxygens (including phenoxy) is 4. The molecule has 3 aromatic rings. The number of hydrogen-bond acceptors (Lipinski definition) is 9. The van der Waals surface area contributed by atoms with Crippen LogP contribution in [0.25, 0.3) is 6.08 Å². The van der Waals surface area contributed by atoms with Gasteiger partial charge in [-0.15, -0.1) is 0 Å². The molecule has 0 aliphatic carbocycles. The lowest BCUT2D eigenvalue weighted by atomic mass is 10.1. The van der Waals surface area contributed by atoms with Crippen molar-refractivity contribution in [2.75, 3.05) is 37.7 Å². The van der Waals surface area contributed by atoms with Gasteiger partial charge in [-0.2, -0.15) is 0 Å². The van der Waals surface area contributed by atoms with Crippen LogP contribution >= 0.6 is 27.7 Å². The van der Waals surface area contributed by atoms with E-state index < -0.39 is 23.6 Å². The first-order chi connectivity index (χ1) is 20.6. The van der Waals surface area contributed by atoms with Gasteiger partial charge < -0.3 is 29.6 Å². The van der Waals surface area contributed by atoms with Gasteiger partial charge in [0.2, 0.25) is 12.7 Å². The Bertz CT molecular complexity index is 1680. The summed E-state index contributed by atoms with van der Waals surface area (Å²) in [5.74, 6) is 0.221. The number of fused-ring (bicyclic) bond motifs is 1. The predicted molar refractivity (Wildman–Crippen MR) is 165 cm³/mol. The minimum absolute atomic E-state index is 0.0984. The Labute approximate surface area is 259 Å². The molecule has 0 saturated carbocycles. The molecule has 2 aliphatic rings. The Hall–Kier alpha value is -4.49. The van der Waals surface area contributed by atoms with Crippen molar-refractivity contribution in [2.45, 2.75) is 13.8 Å². The topological polar surface area (TPSA) is 133 Å². The number of thioether (sulfide) groups is 1. The number of nitrogens with zero attached hydrogens (tertiary/aromatic N) is 1. The first-order valence-corrected chi connectivity index (χ1v) is 14.5. The van der Waals surface area contributed by atoms with Crippen LogP contribution in [-0.2, 0) is 14.4 Å². The molecule has 3 aromatic carbocycles. The molecule has 1 fully saturated rings. The van der Waals surface area contributed by atoms with Crippen LogP contribution in [0.1, 0.15) is 16.7 Å². The Morgan fingerprint density at radius 3 is 2.53 bits per heavy atom. The highest BCUT2D eigenvalue weighted by molar-refractivity contribution is 9.10. The number of carbonyl (C=O) groups excluding carboxylic acids is 4. The van der Waals surface area contributed by atoms with Gasteiger partial charge in [-0.05, 0) is 101 Å². The van der Waals surface area contributed by atoms with E-state index >= 15 is 0 Å². The highest BCUT2D eigenvalue weighted by Crippen LogP contribution is 2.36.